The van der Waals surface area contributed by atoms with Crippen molar-refractivity contribution in [3.8, 4) is 11.5 Å². The van der Waals surface area contributed by atoms with Crippen molar-refractivity contribution in [3.63, 3.8) is 0 Å². The Morgan fingerprint density at radius 2 is 2.00 bits per heavy atom. The largest absolute Gasteiger partial charge is 0.497 e. The van der Waals surface area contributed by atoms with Gasteiger partial charge in [0.2, 0.25) is 0 Å². The van der Waals surface area contributed by atoms with Crippen molar-refractivity contribution < 1.29 is 9.47 Å². The van der Waals surface area contributed by atoms with Crippen LogP contribution in [0.2, 0.25) is 5.02 Å². The lowest BCUT2D eigenvalue weighted by Crippen LogP contribution is -2.19. The third-order valence-electron chi connectivity index (χ3n) is 3.03. The van der Waals surface area contributed by atoms with Crippen LogP contribution in [0.15, 0.2) is 42.5 Å². The second-order valence-electron chi connectivity index (χ2n) is 4.63. The van der Waals surface area contributed by atoms with Crippen molar-refractivity contribution in [3.05, 3.63) is 58.6 Å². The molecule has 2 rings (SSSR count). The van der Waals surface area contributed by atoms with E-state index in [0.717, 1.165) is 16.9 Å². The highest BCUT2D eigenvalue weighted by Gasteiger charge is 2.09. The molecule has 2 aromatic rings. The molecule has 1 atom stereocenters. The number of hydrogen-bond acceptors (Lipinski definition) is 3. The monoisotopic (exact) mass is 291 g/mol. The lowest BCUT2D eigenvalue weighted by atomic mass is 10.1. The molecule has 0 aliphatic carbocycles. The molecule has 20 heavy (non-hydrogen) atoms. The molecule has 3 nitrogen and oxygen atoms in total. The molecule has 0 radical (unpaired) electrons. The van der Waals surface area contributed by atoms with Crippen molar-refractivity contribution >= 4 is 11.6 Å². The van der Waals surface area contributed by atoms with Gasteiger partial charge in [-0.25, -0.2) is 0 Å². The van der Waals surface area contributed by atoms with E-state index in [9.17, 15) is 0 Å². The van der Waals surface area contributed by atoms with Crippen molar-refractivity contribution in [2.75, 3.05) is 13.7 Å². The van der Waals surface area contributed by atoms with E-state index in [-0.39, 0.29) is 6.04 Å². The number of rotatable bonds is 5. The summed E-state index contributed by atoms with van der Waals surface area (Å²) in [6.45, 7) is 2.34. The molecule has 106 valence electrons. The molecule has 0 saturated heterocycles. The molecule has 0 heterocycles. The number of methoxy groups -OCH3 is 1. The molecule has 0 bridgehead atoms. The maximum Gasteiger partial charge on any atom is 0.138 e. The van der Waals surface area contributed by atoms with Crippen LogP contribution in [0, 0.1) is 6.92 Å². The van der Waals surface area contributed by atoms with Gasteiger partial charge in [-0.1, -0.05) is 29.8 Å². The Balaban J connectivity index is 2.02. The maximum absolute atomic E-state index is 6.12. The zero-order chi connectivity index (χ0) is 14.5. The average Bonchev–Trinajstić information content (AvgIpc) is 2.46. The Morgan fingerprint density at radius 1 is 1.20 bits per heavy atom. The van der Waals surface area contributed by atoms with Gasteiger partial charge in [0.05, 0.1) is 18.2 Å². The highest BCUT2D eigenvalue weighted by atomic mass is 35.5. The molecular weight excluding hydrogens is 274 g/mol. The molecule has 2 N–H and O–H groups in total. The van der Waals surface area contributed by atoms with E-state index in [0.29, 0.717) is 17.4 Å². The molecule has 0 fully saturated rings. The van der Waals surface area contributed by atoms with E-state index in [4.69, 9.17) is 26.8 Å². The van der Waals surface area contributed by atoms with Gasteiger partial charge < -0.3 is 15.2 Å². The molecule has 0 saturated carbocycles. The Kier molecular flexibility index (Phi) is 4.88. The Labute approximate surface area is 124 Å². The molecule has 0 amide bonds. The first kappa shape index (κ1) is 14.7. The quantitative estimate of drug-likeness (QED) is 0.913. The summed E-state index contributed by atoms with van der Waals surface area (Å²) in [6, 6.07) is 13.1. The number of hydrogen-bond donors (Lipinski definition) is 1. The number of aryl methyl sites for hydroxylation is 1. The summed E-state index contributed by atoms with van der Waals surface area (Å²) < 4.78 is 10.9. The molecule has 0 aliphatic rings. The van der Waals surface area contributed by atoms with E-state index < -0.39 is 0 Å². The molecule has 4 heteroatoms. The van der Waals surface area contributed by atoms with E-state index in [1.807, 2.05) is 49.4 Å². The highest BCUT2D eigenvalue weighted by Crippen LogP contribution is 2.26. The number of nitrogens with two attached hydrogens (primary N) is 1. The molecule has 0 spiro atoms. The Morgan fingerprint density at radius 3 is 2.70 bits per heavy atom. The van der Waals surface area contributed by atoms with Crippen molar-refractivity contribution in [1.82, 2.24) is 0 Å². The van der Waals surface area contributed by atoms with Gasteiger partial charge >= 0.3 is 0 Å². The second-order valence-corrected chi connectivity index (χ2v) is 5.04. The Hall–Kier alpha value is -1.71. The first-order chi connectivity index (χ1) is 9.60. The SMILES string of the molecule is COc1cccc(C(N)COc2ccc(C)cc2Cl)c1. The predicted octanol–water partition coefficient (Wildman–Crippen LogP) is 3.74. The molecule has 0 aromatic heterocycles. The summed E-state index contributed by atoms with van der Waals surface area (Å²) in [7, 11) is 1.63. The van der Waals surface area contributed by atoms with Crippen LogP contribution < -0.4 is 15.2 Å². The summed E-state index contributed by atoms with van der Waals surface area (Å²) >= 11 is 6.12. The third-order valence-corrected chi connectivity index (χ3v) is 3.32. The van der Waals surface area contributed by atoms with E-state index in [1.54, 1.807) is 7.11 Å². The second kappa shape index (κ2) is 6.64. The van der Waals surface area contributed by atoms with Crippen molar-refractivity contribution in [2.45, 2.75) is 13.0 Å². The van der Waals surface area contributed by atoms with Gasteiger partial charge in [0.1, 0.15) is 18.1 Å². The van der Waals surface area contributed by atoms with Crippen LogP contribution >= 0.6 is 11.6 Å². The summed E-state index contributed by atoms with van der Waals surface area (Å²) in [5, 5.41) is 0.600. The zero-order valence-electron chi connectivity index (χ0n) is 11.6. The fourth-order valence-corrected chi connectivity index (χ4v) is 2.16. The number of halogens is 1. The van der Waals surface area contributed by atoms with Gasteiger partial charge in [0.25, 0.3) is 0 Å². The van der Waals surface area contributed by atoms with Crippen molar-refractivity contribution in [2.24, 2.45) is 5.73 Å². The van der Waals surface area contributed by atoms with Gasteiger partial charge in [-0.2, -0.15) is 0 Å². The predicted molar refractivity (Wildman–Crippen MR) is 81.6 cm³/mol. The first-order valence-corrected chi connectivity index (χ1v) is 6.76. The van der Waals surface area contributed by atoms with Crippen molar-refractivity contribution in [1.29, 1.82) is 0 Å². The normalized spacial score (nSPS) is 12.0. The topological polar surface area (TPSA) is 44.5 Å². The summed E-state index contributed by atoms with van der Waals surface area (Å²) in [4.78, 5) is 0. The molecule has 2 aromatic carbocycles. The van der Waals surface area contributed by atoms with Crippen LogP contribution in [0.4, 0.5) is 0 Å². The smallest absolute Gasteiger partial charge is 0.138 e. The Bertz CT molecular complexity index is 586. The maximum atomic E-state index is 6.12. The van der Waals surface area contributed by atoms with E-state index in [2.05, 4.69) is 0 Å². The zero-order valence-corrected chi connectivity index (χ0v) is 12.4. The summed E-state index contributed by atoms with van der Waals surface area (Å²) in [6.07, 6.45) is 0. The van der Waals surface area contributed by atoms with Gasteiger partial charge in [-0.3, -0.25) is 0 Å². The number of benzene rings is 2. The van der Waals surface area contributed by atoms with Gasteiger partial charge in [0, 0.05) is 0 Å². The molecular formula is C16H18ClNO2. The fraction of sp³-hybridized carbons (Fsp3) is 0.250. The van der Waals surface area contributed by atoms with Gasteiger partial charge in [-0.15, -0.1) is 0 Å². The lowest BCUT2D eigenvalue weighted by molar-refractivity contribution is 0.290. The molecule has 1 unspecified atom stereocenters. The standard InChI is InChI=1S/C16H18ClNO2/c1-11-6-7-16(14(17)8-11)20-10-15(18)12-4-3-5-13(9-12)19-2/h3-9,15H,10,18H2,1-2H3. The highest BCUT2D eigenvalue weighted by molar-refractivity contribution is 6.32. The van der Waals surface area contributed by atoms with E-state index >= 15 is 0 Å². The fourth-order valence-electron chi connectivity index (χ4n) is 1.87. The lowest BCUT2D eigenvalue weighted by Gasteiger charge is -2.15. The summed E-state index contributed by atoms with van der Waals surface area (Å²) in [5.74, 6) is 1.43. The van der Waals surface area contributed by atoms with Gasteiger partial charge in [-0.05, 0) is 42.3 Å². The number of ether oxygens (including phenoxy) is 2. The van der Waals surface area contributed by atoms with Crippen LogP contribution in [0.25, 0.3) is 0 Å². The van der Waals surface area contributed by atoms with Crippen LogP contribution in [0.1, 0.15) is 17.2 Å². The molecule has 0 aliphatic heterocycles. The minimum atomic E-state index is -0.234. The van der Waals surface area contributed by atoms with Crippen LogP contribution in [0.3, 0.4) is 0 Å². The minimum Gasteiger partial charge on any atom is -0.497 e. The van der Waals surface area contributed by atoms with E-state index in [1.165, 1.54) is 0 Å². The first-order valence-electron chi connectivity index (χ1n) is 6.38. The third kappa shape index (κ3) is 3.65. The van der Waals surface area contributed by atoms with Crippen LogP contribution in [-0.2, 0) is 0 Å². The average molecular weight is 292 g/mol. The summed E-state index contributed by atoms with van der Waals surface area (Å²) in [5.41, 5.74) is 8.18. The van der Waals surface area contributed by atoms with Crippen LogP contribution in [-0.4, -0.2) is 13.7 Å². The van der Waals surface area contributed by atoms with Crippen LogP contribution in [0.5, 0.6) is 11.5 Å². The minimum absolute atomic E-state index is 0.234. The van der Waals surface area contributed by atoms with Gasteiger partial charge in [0.15, 0.2) is 0 Å².